The Kier molecular flexibility index (Phi) is 7.49. The summed E-state index contributed by atoms with van der Waals surface area (Å²) in [6, 6.07) is 0. The molecule has 6 heteroatoms. The normalized spacial score (nSPS) is 16.3. The second-order valence-electron chi connectivity index (χ2n) is 4.21. The van der Waals surface area contributed by atoms with Crippen molar-refractivity contribution in [2.45, 2.75) is 32.6 Å². The lowest BCUT2D eigenvalue weighted by Gasteiger charge is -2.17. The van der Waals surface area contributed by atoms with Gasteiger partial charge < -0.3 is 20.1 Å². The van der Waals surface area contributed by atoms with Gasteiger partial charge in [-0.3, -0.25) is 9.59 Å². The molecule has 100 valence electrons. The van der Waals surface area contributed by atoms with Crippen LogP contribution in [0.25, 0.3) is 0 Å². The number of cyclic esters (lactones) is 1. The zero-order chi connectivity index (χ0) is 13.3. The first-order valence-corrected chi connectivity index (χ1v) is 5.57. The van der Waals surface area contributed by atoms with E-state index in [1.54, 1.807) is 0 Å². The fourth-order valence-corrected chi connectivity index (χ4v) is 0.992. The van der Waals surface area contributed by atoms with Gasteiger partial charge in [-0.05, 0) is 26.2 Å². The highest BCUT2D eigenvalue weighted by atomic mass is 16.5. The topological polar surface area (TPSA) is 104 Å². The van der Waals surface area contributed by atoms with E-state index in [4.69, 9.17) is 20.1 Å². The van der Waals surface area contributed by atoms with E-state index in [1.165, 1.54) is 6.92 Å². The van der Waals surface area contributed by atoms with E-state index in [0.717, 1.165) is 19.3 Å². The molecule has 0 aromatic carbocycles. The zero-order valence-electron chi connectivity index (χ0n) is 10.0. The van der Waals surface area contributed by atoms with E-state index in [1.807, 2.05) is 0 Å². The number of carboxylic acids is 1. The molecule has 0 unspecified atom stereocenters. The van der Waals surface area contributed by atoms with Crippen molar-refractivity contribution in [2.75, 3.05) is 19.8 Å². The maximum absolute atomic E-state index is 10.5. The van der Waals surface area contributed by atoms with Crippen LogP contribution in [0.2, 0.25) is 0 Å². The van der Waals surface area contributed by atoms with Gasteiger partial charge >= 0.3 is 11.9 Å². The van der Waals surface area contributed by atoms with E-state index in [-0.39, 0.29) is 5.97 Å². The van der Waals surface area contributed by atoms with Gasteiger partial charge in [0.25, 0.3) is 0 Å². The van der Waals surface area contributed by atoms with E-state index in [9.17, 15) is 9.59 Å². The fraction of sp³-hybridized carbons (Fsp3) is 0.818. The van der Waals surface area contributed by atoms with Crippen molar-refractivity contribution in [1.82, 2.24) is 0 Å². The van der Waals surface area contributed by atoms with E-state index in [2.05, 4.69) is 0 Å². The van der Waals surface area contributed by atoms with Crippen LogP contribution in [0.15, 0.2) is 0 Å². The molecule has 3 N–H and O–H groups in total. The van der Waals surface area contributed by atoms with E-state index in [0.29, 0.717) is 13.0 Å². The van der Waals surface area contributed by atoms with Crippen molar-refractivity contribution in [1.29, 1.82) is 0 Å². The van der Waals surface area contributed by atoms with Crippen molar-refractivity contribution in [3.05, 3.63) is 0 Å². The first-order chi connectivity index (χ1) is 7.96. The summed E-state index contributed by atoms with van der Waals surface area (Å²) in [6.45, 7) is 0.825. The molecule has 0 radical (unpaired) electrons. The average molecular weight is 248 g/mol. The van der Waals surface area contributed by atoms with E-state index < -0.39 is 24.6 Å². The van der Waals surface area contributed by atoms with Gasteiger partial charge in [-0.25, -0.2) is 0 Å². The van der Waals surface area contributed by atoms with Gasteiger partial charge in [-0.2, -0.15) is 0 Å². The molecule has 0 atom stereocenters. The minimum Gasteiger partial charge on any atom is -0.481 e. The predicted molar refractivity (Wildman–Crippen MR) is 59.3 cm³/mol. The summed E-state index contributed by atoms with van der Waals surface area (Å²) in [5, 5.41) is 25.1. The number of aliphatic hydroxyl groups is 2. The third-order valence-electron chi connectivity index (χ3n) is 2.50. The molecule has 1 saturated heterocycles. The number of carbonyl (C=O) groups excluding carboxylic acids is 1. The number of esters is 1. The molecule has 1 aliphatic heterocycles. The Morgan fingerprint density at radius 1 is 1.29 bits per heavy atom. The van der Waals surface area contributed by atoms with Crippen LogP contribution < -0.4 is 0 Å². The second-order valence-corrected chi connectivity index (χ2v) is 4.21. The van der Waals surface area contributed by atoms with Crippen LogP contribution in [0, 0.1) is 5.41 Å². The molecule has 1 aliphatic rings. The molecule has 1 fully saturated rings. The van der Waals surface area contributed by atoms with Gasteiger partial charge in [0.05, 0.1) is 19.8 Å². The zero-order valence-corrected chi connectivity index (χ0v) is 10.0. The van der Waals surface area contributed by atoms with Crippen LogP contribution in [-0.4, -0.2) is 47.1 Å². The molecule has 0 aromatic heterocycles. The van der Waals surface area contributed by atoms with E-state index >= 15 is 0 Å². The lowest BCUT2D eigenvalue weighted by Crippen LogP contribution is -2.35. The van der Waals surface area contributed by atoms with Crippen molar-refractivity contribution in [3.63, 3.8) is 0 Å². The monoisotopic (exact) mass is 248 g/mol. The highest BCUT2D eigenvalue weighted by Gasteiger charge is 2.31. The molecule has 0 amide bonds. The Bertz CT molecular complexity index is 236. The quantitative estimate of drug-likeness (QED) is 0.615. The van der Waals surface area contributed by atoms with Crippen LogP contribution >= 0.6 is 0 Å². The van der Waals surface area contributed by atoms with Gasteiger partial charge in [-0.1, -0.05) is 0 Å². The molecule has 1 heterocycles. The molecule has 0 saturated carbocycles. The minimum absolute atomic E-state index is 0.0255. The number of aliphatic carboxylic acids is 1. The minimum atomic E-state index is -1.39. The lowest BCUT2D eigenvalue weighted by atomic mass is 9.94. The molecule has 1 rings (SSSR count). The van der Waals surface area contributed by atoms with Gasteiger partial charge in [0, 0.05) is 6.42 Å². The fourth-order valence-electron chi connectivity index (χ4n) is 0.992. The molecule has 0 spiro atoms. The standard InChI is InChI=1S/C6H10O2.C5H10O4/c7-6-4-2-1-3-5-8-6;1-5(2-6,3-7)4(8)9/h1-5H2;6-7H,2-3H2,1H3,(H,8,9). The molecule has 6 nitrogen and oxygen atoms in total. The van der Waals surface area contributed by atoms with Gasteiger partial charge in [-0.15, -0.1) is 0 Å². The molecular weight excluding hydrogens is 228 g/mol. The number of aliphatic hydroxyl groups excluding tert-OH is 2. The molecule has 0 bridgehead atoms. The summed E-state index contributed by atoms with van der Waals surface area (Å²) >= 11 is 0. The van der Waals surface area contributed by atoms with Crippen LogP contribution in [0.4, 0.5) is 0 Å². The Hall–Kier alpha value is -1.14. The molecule has 0 aliphatic carbocycles. The number of carbonyl (C=O) groups is 2. The third kappa shape index (κ3) is 6.23. The summed E-state index contributed by atoms with van der Waals surface area (Å²) in [5.41, 5.74) is -1.39. The summed E-state index contributed by atoms with van der Waals surface area (Å²) in [5.74, 6) is -1.21. The Labute approximate surface area is 100 Å². The lowest BCUT2D eigenvalue weighted by molar-refractivity contribution is -0.153. The van der Waals surface area contributed by atoms with Crippen molar-refractivity contribution >= 4 is 11.9 Å². The predicted octanol–water partition coefficient (Wildman–Crippen LogP) is 0.165. The number of carboxylic acid groups (broad SMARTS) is 1. The molecule has 17 heavy (non-hydrogen) atoms. The van der Waals surface area contributed by atoms with Crippen LogP contribution in [0.1, 0.15) is 32.6 Å². The average Bonchev–Trinajstić information content (AvgIpc) is 2.56. The largest absolute Gasteiger partial charge is 0.481 e. The van der Waals surface area contributed by atoms with Gasteiger partial charge in [0.2, 0.25) is 0 Å². The SMILES string of the molecule is CC(CO)(CO)C(=O)O.O=C1CCCCCO1. The number of rotatable bonds is 3. The molecule has 0 aromatic rings. The van der Waals surface area contributed by atoms with Crippen LogP contribution in [0.5, 0.6) is 0 Å². The van der Waals surface area contributed by atoms with Crippen molar-refractivity contribution < 1.29 is 29.6 Å². The summed E-state index contributed by atoms with van der Waals surface area (Å²) < 4.78 is 4.76. The number of ether oxygens (including phenoxy) is 1. The Balaban J connectivity index is 0.000000302. The Morgan fingerprint density at radius 2 is 1.88 bits per heavy atom. The maximum atomic E-state index is 10.5. The second kappa shape index (κ2) is 8.03. The first kappa shape index (κ1) is 15.9. The first-order valence-electron chi connectivity index (χ1n) is 5.57. The number of hydrogen-bond donors (Lipinski definition) is 3. The third-order valence-corrected chi connectivity index (χ3v) is 2.50. The smallest absolute Gasteiger partial charge is 0.314 e. The van der Waals surface area contributed by atoms with Crippen molar-refractivity contribution in [3.8, 4) is 0 Å². The summed E-state index contributed by atoms with van der Waals surface area (Å²) in [7, 11) is 0. The van der Waals surface area contributed by atoms with Gasteiger partial charge in [0.15, 0.2) is 0 Å². The summed E-state index contributed by atoms with van der Waals surface area (Å²) in [4.78, 5) is 20.6. The van der Waals surface area contributed by atoms with Crippen LogP contribution in [-0.2, 0) is 14.3 Å². The van der Waals surface area contributed by atoms with Crippen LogP contribution in [0.3, 0.4) is 0 Å². The number of hydrogen-bond acceptors (Lipinski definition) is 5. The Morgan fingerprint density at radius 3 is 2.29 bits per heavy atom. The van der Waals surface area contributed by atoms with Crippen molar-refractivity contribution in [2.24, 2.45) is 5.41 Å². The highest BCUT2D eigenvalue weighted by molar-refractivity contribution is 5.74. The molecular formula is C11H20O6. The highest BCUT2D eigenvalue weighted by Crippen LogP contribution is 2.12. The summed E-state index contributed by atoms with van der Waals surface area (Å²) in [6.07, 6.45) is 3.83. The van der Waals surface area contributed by atoms with Gasteiger partial charge in [0.1, 0.15) is 5.41 Å². The maximum Gasteiger partial charge on any atom is 0.314 e.